The van der Waals surface area contributed by atoms with Crippen LogP contribution in [0.1, 0.15) is 0 Å². The van der Waals surface area contributed by atoms with Gasteiger partial charge < -0.3 is 0 Å². The van der Waals surface area contributed by atoms with E-state index in [0.29, 0.717) is 0 Å². The van der Waals surface area contributed by atoms with Gasteiger partial charge >= 0.3 is 0 Å². The Kier molecular flexibility index (Phi) is 6.07. The van der Waals surface area contributed by atoms with E-state index in [0.717, 1.165) is 16.8 Å². The second kappa shape index (κ2) is 10.6. The van der Waals surface area contributed by atoms with E-state index in [-0.39, 0.29) is 0 Å². The lowest BCUT2D eigenvalue weighted by Gasteiger charge is -2.13. The minimum Gasteiger partial charge on any atom is -0.247 e. The predicted octanol–water partition coefficient (Wildman–Crippen LogP) is 12.4. The number of hydrogen-bond donors (Lipinski definition) is 0. The van der Waals surface area contributed by atoms with Gasteiger partial charge in [-0.3, -0.25) is 0 Å². The lowest BCUT2D eigenvalue weighted by molar-refractivity contribution is 1.43. The zero-order valence-electron chi connectivity index (χ0n) is 24.4. The second-order valence-corrected chi connectivity index (χ2v) is 12.6. The molecule has 0 atom stereocenters. The van der Waals surface area contributed by atoms with E-state index < -0.39 is 0 Å². The minimum atomic E-state index is 1.03. The van der Waals surface area contributed by atoms with E-state index in [1.165, 1.54) is 69.7 Å². The fourth-order valence-corrected chi connectivity index (χ4v) is 7.91. The molecule has 2 aromatic heterocycles. The number of thiophene rings is 1. The lowest BCUT2D eigenvalue weighted by Crippen LogP contribution is -1.90. The predicted molar refractivity (Wildman–Crippen MR) is 194 cm³/mol. The average Bonchev–Trinajstić information content (AvgIpc) is 3.51. The molecule has 0 aliphatic heterocycles. The third kappa shape index (κ3) is 4.42. The van der Waals surface area contributed by atoms with Crippen molar-refractivity contribution in [1.82, 2.24) is 4.98 Å². The van der Waals surface area contributed by atoms with E-state index in [1.54, 1.807) is 0 Å². The molecule has 0 bridgehead atoms. The van der Waals surface area contributed by atoms with Crippen molar-refractivity contribution in [1.29, 1.82) is 0 Å². The second-order valence-electron chi connectivity index (χ2n) is 11.5. The Balaban J connectivity index is 1.21. The molecular formula is C43H27NS. The number of hydrogen-bond acceptors (Lipinski definition) is 2. The van der Waals surface area contributed by atoms with Crippen LogP contribution < -0.4 is 0 Å². The molecule has 210 valence electrons. The van der Waals surface area contributed by atoms with Crippen molar-refractivity contribution in [2.75, 3.05) is 0 Å². The molecule has 0 radical (unpaired) electrons. The molecule has 0 spiro atoms. The molecule has 9 rings (SSSR count). The van der Waals surface area contributed by atoms with Gasteiger partial charge in [-0.25, -0.2) is 4.98 Å². The molecule has 0 amide bonds. The number of pyridine rings is 1. The summed E-state index contributed by atoms with van der Waals surface area (Å²) in [5.74, 6) is 0. The summed E-state index contributed by atoms with van der Waals surface area (Å²) in [6.07, 6.45) is 0. The number of rotatable bonds is 4. The van der Waals surface area contributed by atoms with Gasteiger partial charge in [-0.2, -0.15) is 0 Å². The van der Waals surface area contributed by atoms with Crippen LogP contribution in [-0.2, 0) is 0 Å². The number of aromatic nitrogens is 1. The minimum absolute atomic E-state index is 1.03. The maximum Gasteiger partial charge on any atom is 0.0788 e. The highest BCUT2D eigenvalue weighted by molar-refractivity contribution is 7.26. The van der Waals surface area contributed by atoms with Gasteiger partial charge in [0.1, 0.15) is 0 Å². The summed E-state index contributed by atoms with van der Waals surface area (Å²) >= 11 is 1.88. The molecule has 2 heteroatoms. The molecule has 1 nitrogen and oxygen atoms in total. The molecule has 0 fully saturated rings. The van der Waals surface area contributed by atoms with Gasteiger partial charge in [0, 0.05) is 41.9 Å². The molecule has 0 N–H and O–H groups in total. The van der Waals surface area contributed by atoms with Gasteiger partial charge in [0.25, 0.3) is 0 Å². The van der Waals surface area contributed by atoms with Crippen LogP contribution in [0.2, 0.25) is 0 Å². The fraction of sp³-hybridized carbons (Fsp3) is 0. The highest BCUT2D eigenvalue weighted by Crippen LogP contribution is 2.43. The van der Waals surface area contributed by atoms with Crippen LogP contribution in [0.5, 0.6) is 0 Å². The van der Waals surface area contributed by atoms with E-state index in [9.17, 15) is 0 Å². The van der Waals surface area contributed by atoms with E-state index >= 15 is 0 Å². The largest absolute Gasteiger partial charge is 0.247 e. The number of fused-ring (bicyclic) bond motifs is 7. The Labute approximate surface area is 265 Å². The standard InChI is InChI=1S/C43H27NS/c1-3-11-28(12-4-1)32-25-33(29-13-5-2-6-14-29)27-34(26-32)30-19-21-31(22-20-30)42-38-24-23-36-35-15-8-10-18-40(35)45-43(36)41(38)37-16-7-9-17-39(37)44-42/h1-27H. The molecule has 0 aliphatic carbocycles. The van der Waals surface area contributed by atoms with Crippen LogP contribution in [0.4, 0.5) is 0 Å². The van der Waals surface area contributed by atoms with Crippen molar-refractivity contribution in [2.45, 2.75) is 0 Å². The van der Waals surface area contributed by atoms with Crippen molar-refractivity contribution in [3.05, 3.63) is 164 Å². The number of nitrogens with zero attached hydrogens (tertiary/aromatic N) is 1. The third-order valence-corrected chi connectivity index (χ3v) is 10.1. The van der Waals surface area contributed by atoms with Crippen LogP contribution in [0.15, 0.2) is 164 Å². The zero-order valence-corrected chi connectivity index (χ0v) is 25.3. The Morgan fingerprint density at radius 1 is 0.356 bits per heavy atom. The quantitative estimate of drug-likeness (QED) is 0.186. The van der Waals surface area contributed by atoms with Gasteiger partial charge in [-0.1, -0.05) is 133 Å². The normalized spacial score (nSPS) is 11.6. The third-order valence-electron chi connectivity index (χ3n) is 8.85. The molecule has 45 heavy (non-hydrogen) atoms. The molecule has 0 aliphatic rings. The molecule has 2 heterocycles. The first kappa shape index (κ1) is 25.9. The molecule has 7 aromatic carbocycles. The number of para-hydroxylation sites is 1. The van der Waals surface area contributed by atoms with Crippen LogP contribution in [0, 0.1) is 0 Å². The average molecular weight is 590 g/mol. The fourth-order valence-electron chi connectivity index (χ4n) is 6.65. The molecule has 9 aromatic rings. The number of benzene rings is 7. The van der Waals surface area contributed by atoms with E-state index in [2.05, 4.69) is 164 Å². The molecular weight excluding hydrogens is 563 g/mol. The molecule has 0 saturated heterocycles. The van der Waals surface area contributed by atoms with Crippen molar-refractivity contribution < 1.29 is 0 Å². The van der Waals surface area contributed by atoms with Crippen molar-refractivity contribution in [2.24, 2.45) is 0 Å². The monoisotopic (exact) mass is 589 g/mol. The summed E-state index contributed by atoms with van der Waals surface area (Å²) < 4.78 is 2.65. The maximum atomic E-state index is 5.25. The summed E-state index contributed by atoms with van der Waals surface area (Å²) in [5, 5.41) is 6.32. The van der Waals surface area contributed by atoms with Gasteiger partial charge in [-0.15, -0.1) is 11.3 Å². The van der Waals surface area contributed by atoms with Crippen LogP contribution in [0.3, 0.4) is 0 Å². The Morgan fingerprint density at radius 2 is 0.867 bits per heavy atom. The van der Waals surface area contributed by atoms with Gasteiger partial charge in [0.15, 0.2) is 0 Å². The Morgan fingerprint density at radius 3 is 1.53 bits per heavy atom. The lowest BCUT2D eigenvalue weighted by atomic mass is 9.92. The molecule has 0 unspecified atom stereocenters. The van der Waals surface area contributed by atoms with Gasteiger partial charge in [0.2, 0.25) is 0 Å². The topological polar surface area (TPSA) is 12.9 Å². The Bertz CT molecular complexity index is 2450. The van der Waals surface area contributed by atoms with Crippen LogP contribution in [0.25, 0.3) is 86.5 Å². The van der Waals surface area contributed by atoms with Crippen LogP contribution in [-0.4, -0.2) is 4.98 Å². The highest BCUT2D eigenvalue weighted by Gasteiger charge is 2.16. The van der Waals surface area contributed by atoms with Crippen LogP contribution >= 0.6 is 11.3 Å². The molecule has 0 saturated carbocycles. The van der Waals surface area contributed by atoms with Crippen molar-refractivity contribution in [3.8, 4) is 44.6 Å². The van der Waals surface area contributed by atoms with E-state index in [4.69, 9.17) is 4.98 Å². The van der Waals surface area contributed by atoms with Crippen molar-refractivity contribution >= 4 is 53.2 Å². The zero-order chi connectivity index (χ0) is 29.7. The SMILES string of the molecule is c1ccc(-c2cc(-c3ccccc3)cc(-c3ccc(-c4nc5ccccc5c5c4ccc4c6ccccc6sc45)cc3)c2)cc1. The summed E-state index contributed by atoms with van der Waals surface area (Å²) in [7, 11) is 0. The maximum absolute atomic E-state index is 5.25. The van der Waals surface area contributed by atoms with Gasteiger partial charge in [0.05, 0.1) is 11.2 Å². The first-order chi connectivity index (χ1) is 22.3. The van der Waals surface area contributed by atoms with E-state index in [1.807, 2.05) is 11.3 Å². The summed E-state index contributed by atoms with van der Waals surface area (Å²) in [5.41, 5.74) is 10.4. The smallest absolute Gasteiger partial charge is 0.0788 e. The highest BCUT2D eigenvalue weighted by atomic mass is 32.1. The first-order valence-corrected chi connectivity index (χ1v) is 16.1. The van der Waals surface area contributed by atoms with Gasteiger partial charge in [-0.05, 0) is 63.7 Å². The summed E-state index contributed by atoms with van der Waals surface area (Å²) in [6.45, 7) is 0. The first-order valence-electron chi connectivity index (χ1n) is 15.3. The van der Waals surface area contributed by atoms with Crippen molar-refractivity contribution in [3.63, 3.8) is 0 Å². The Hall–Kier alpha value is -5.57. The summed E-state index contributed by atoms with van der Waals surface area (Å²) in [4.78, 5) is 5.25. The summed E-state index contributed by atoms with van der Waals surface area (Å²) in [6, 6.07) is 59.0.